The maximum Gasteiger partial charge on any atom is 0.267 e. The van der Waals surface area contributed by atoms with Crippen LogP contribution in [0.2, 0.25) is 0 Å². The minimum Gasteiger partial charge on any atom is -0.497 e. The van der Waals surface area contributed by atoms with Crippen LogP contribution < -0.4 is 4.74 Å². The fraction of sp³-hybridized carbons (Fsp3) is 0.143. The predicted molar refractivity (Wildman–Crippen MR) is 73.4 cm³/mol. The van der Waals surface area contributed by atoms with Crippen LogP contribution in [-0.2, 0) is 6.42 Å². The minimum absolute atomic E-state index is 0.582. The van der Waals surface area contributed by atoms with Gasteiger partial charge in [-0.2, -0.15) is 4.98 Å². The molecule has 5 heteroatoms. The average Bonchev–Trinajstić information content (AvgIpc) is 3.10. The number of nitrogens with zero attached hydrogens (tertiary/aromatic N) is 2. The van der Waals surface area contributed by atoms with E-state index in [1.165, 1.54) is 0 Å². The number of hydrogen-bond donors (Lipinski definition) is 0. The summed E-state index contributed by atoms with van der Waals surface area (Å²) in [4.78, 5) is 5.39. The Morgan fingerprint density at radius 2 is 2.05 bits per heavy atom. The zero-order valence-corrected chi connectivity index (χ0v) is 11.2. The van der Waals surface area contributed by atoms with E-state index in [9.17, 15) is 0 Å². The van der Waals surface area contributed by atoms with E-state index in [4.69, 9.17) is 9.26 Å². The molecule has 2 heterocycles. The summed E-state index contributed by atoms with van der Waals surface area (Å²) in [5.74, 6) is 2.11. The van der Waals surface area contributed by atoms with Crippen molar-refractivity contribution in [1.82, 2.24) is 10.1 Å². The van der Waals surface area contributed by atoms with Gasteiger partial charge in [-0.1, -0.05) is 23.4 Å². The zero-order valence-electron chi connectivity index (χ0n) is 10.4. The molecular weight excluding hydrogens is 260 g/mol. The van der Waals surface area contributed by atoms with E-state index >= 15 is 0 Å². The molecule has 0 fully saturated rings. The average molecular weight is 272 g/mol. The highest BCUT2D eigenvalue weighted by Crippen LogP contribution is 2.23. The number of rotatable bonds is 4. The van der Waals surface area contributed by atoms with Crippen molar-refractivity contribution in [2.45, 2.75) is 6.42 Å². The van der Waals surface area contributed by atoms with Crippen LogP contribution >= 0.6 is 11.3 Å². The largest absolute Gasteiger partial charge is 0.497 e. The van der Waals surface area contributed by atoms with Gasteiger partial charge in [0.05, 0.1) is 12.0 Å². The van der Waals surface area contributed by atoms with E-state index in [2.05, 4.69) is 10.1 Å². The van der Waals surface area contributed by atoms with E-state index < -0.39 is 0 Å². The molecule has 96 valence electrons. The highest BCUT2D eigenvalue weighted by molar-refractivity contribution is 7.13. The summed E-state index contributed by atoms with van der Waals surface area (Å²) in [6.07, 6.45) is 0.652. The predicted octanol–water partition coefficient (Wildman–Crippen LogP) is 3.40. The highest BCUT2D eigenvalue weighted by Gasteiger charge is 2.09. The summed E-state index contributed by atoms with van der Waals surface area (Å²) in [5.41, 5.74) is 1.12. The summed E-state index contributed by atoms with van der Waals surface area (Å²) in [7, 11) is 1.65. The smallest absolute Gasteiger partial charge is 0.267 e. The van der Waals surface area contributed by atoms with Gasteiger partial charge in [0.2, 0.25) is 0 Å². The Hall–Kier alpha value is -2.14. The fourth-order valence-electron chi connectivity index (χ4n) is 1.75. The standard InChI is InChI=1S/C14H12N2O2S/c1-17-11-6-4-10(5-7-11)9-13-15-14(18-16-13)12-3-2-8-19-12/h2-8H,9H2,1H3. The van der Waals surface area contributed by atoms with Gasteiger partial charge < -0.3 is 9.26 Å². The van der Waals surface area contributed by atoms with Crippen LogP contribution in [0.3, 0.4) is 0 Å². The number of hydrogen-bond acceptors (Lipinski definition) is 5. The van der Waals surface area contributed by atoms with Gasteiger partial charge in [-0.3, -0.25) is 0 Å². The highest BCUT2D eigenvalue weighted by atomic mass is 32.1. The minimum atomic E-state index is 0.582. The molecule has 0 N–H and O–H groups in total. The van der Waals surface area contributed by atoms with Gasteiger partial charge in [0.1, 0.15) is 5.75 Å². The van der Waals surface area contributed by atoms with E-state index in [-0.39, 0.29) is 0 Å². The summed E-state index contributed by atoms with van der Waals surface area (Å²) in [5, 5.41) is 5.99. The Bertz CT molecular complexity index is 644. The van der Waals surface area contributed by atoms with Crippen LogP contribution in [0.5, 0.6) is 5.75 Å². The number of benzene rings is 1. The summed E-state index contributed by atoms with van der Waals surface area (Å²) >= 11 is 1.59. The van der Waals surface area contributed by atoms with Crippen molar-refractivity contribution in [3.05, 3.63) is 53.2 Å². The first kappa shape index (κ1) is 11.9. The summed E-state index contributed by atoms with van der Waals surface area (Å²) in [6, 6.07) is 11.8. The molecule has 1 aromatic carbocycles. The first-order valence-corrected chi connectivity index (χ1v) is 6.72. The second-order valence-corrected chi connectivity index (χ2v) is 4.97. The number of thiophene rings is 1. The molecule has 3 aromatic rings. The molecule has 3 rings (SSSR count). The first-order chi connectivity index (χ1) is 9.35. The molecule has 0 atom stereocenters. The molecule has 0 radical (unpaired) electrons. The van der Waals surface area contributed by atoms with E-state index in [0.29, 0.717) is 18.1 Å². The van der Waals surface area contributed by atoms with Gasteiger partial charge in [0, 0.05) is 6.42 Å². The number of aromatic nitrogens is 2. The Labute approximate surface area is 114 Å². The molecule has 0 saturated heterocycles. The van der Waals surface area contributed by atoms with E-state index in [1.807, 2.05) is 41.8 Å². The third-order valence-electron chi connectivity index (χ3n) is 2.72. The Balaban J connectivity index is 1.76. The molecular formula is C14H12N2O2S. The second-order valence-electron chi connectivity index (χ2n) is 4.02. The van der Waals surface area contributed by atoms with Gasteiger partial charge in [-0.05, 0) is 29.1 Å². The normalized spacial score (nSPS) is 10.6. The van der Waals surface area contributed by atoms with Gasteiger partial charge in [-0.25, -0.2) is 0 Å². The van der Waals surface area contributed by atoms with Crippen molar-refractivity contribution in [3.63, 3.8) is 0 Å². The number of ether oxygens (including phenoxy) is 1. The lowest BCUT2D eigenvalue weighted by molar-refractivity contribution is 0.414. The molecule has 0 aliphatic heterocycles. The maximum atomic E-state index is 5.25. The second kappa shape index (κ2) is 5.24. The molecule has 19 heavy (non-hydrogen) atoms. The van der Waals surface area contributed by atoms with Gasteiger partial charge in [0.15, 0.2) is 5.82 Å². The van der Waals surface area contributed by atoms with E-state index in [1.54, 1.807) is 18.4 Å². The van der Waals surface area contributed by atoms with Crippen molar-refractivity contribution in [2.75, 3.05) is 7.11 Å². The number of methoxy groups -OCH3 is 1. The van der Waals surface area contributed by atoms with Crippen molar-refractivity contribution in [1.29, 1.82) is 0 Å². The van der Waals surface area contributed by atoms with Crippen LogP contribution in [0.4, 0.5) is 0 Å². The lowest BCUT2D eigenvalue weighted by Crippen LogP contribution is -1.91. The molecule has 0 aliphatic rings. The van der Waals surface area contributed by atoms with Crippen molar-refractivity contribution in [3.8, 4) is 16.5 Å². The SMILES string of the molecule is COc1ccc(Cc2noc(-c3cccs3)n2)cc1. The van der Waals surface area contributed by atoms with Crippen LogP contribution in [-0.4, -0.2) is 17.3 Å². The molecule has 0 spiro atoms. The van der Waals surface area contributed by atoms with Crippen molar-refractivity contribution < 1.29 is 9.26 Å². The molecule has 4 nitrogen and oxygen atoms in total. The third-order valence-corrected chi connectivity index (χ3v) is 3.58. The fourth-order valence-corrected chi connectivity index (χ4v) is 2.40. The molecule has 0 bridgehead atoms. The Morgan fingerprint density at radius 1 is 1.21 bits per heavy atom. The monoisotopic (exact) mass is 272 g/mol. The summed E-state index contributed by atoms with van der Waals surface area (Å²) < 4.78 is 10.4. The molecule has 2 aromatic heterocycles. The Morgan fingerprint density at radius 3 is 2.74 bits per heavy atom. The zero-order chi connectivity index (χ0) is 13.1. The lowest BCUT2D eigenvalue weighted by atomic mass is 10.1. The van der Waals surface area contributed by atoms with Crippen molar-refractivity contribution in [2.24, 2.45) is 0 Å². The Kier molecular flexibility index (Phi) is 3.29. The molecule has 0 saturated carbocycles. The molecule has 0 amide bonds. The van der Waals surface area contributed by atoms with Gasteiger partial charge in [0.25, 0.3) is 5.89 Å². The summed E-state index contributed by atoms with van der Waals surface area (Å²) in [6.45, 7) is 0. The topological polar surface area (TPSA) is 48.2 Å². The molecule has 0 unspecified atom stereocenters. The van der Waals surface area contributed by atoms with Crippen LogP contribution in [0.15, 0.2) is 46.3 Å². The quantitative estimate of drug-likeness (QED) is 0.730. The maximum absolute atomic E-state index is 5.25. The van der Waals surface area contributed by atoms with Gasteiger partial charge >= 0.3 is 0 Å². The van der Waals surface area contributed by atoms with Crippen LogP contribution in [0, 0.1) is 0 Å². The van der Waals surface area contributed by atoms with Crippen LogP contribution in [0.25, 0.3) is 10.8 Å². The third kappa shape index (κ3) is 2.66. The first-order valence-electron chi connectivity index (χ1n) is 5.84. The lowest BCUT2D eigenvalue weighted by Gasteiger charge is -2.00. The van der Waals surface area contributed by atoms with Crippen molar-refractivity contribution >= 4 is 11.3 Å². The van der Waals surface area contributed by atoms with Gasteiger partial charge in [-0.15, -0.1) is 11.3 Å². The van der Waals surface area contributed by atoms with E-state index in [0.717, 1.165) is 16.2 Å². The molecule has 0 aliphatic carbocycles. The van der Waals surface area contributed by atoms with Crippen LogP contribution in [0.1, 0.15) is 11.4 Å².